The summed E-state index contributed by atoms with van der Waals surface area (Å²) >= 11 is 0. The van der Waals surface area contributed by atoms with Crippen LogP contribution in [0.1, 0.15) is 66.2 Å². The Labute approximate surface area is 162 Å². The normalized spacial score (nSPS) is 28.7. The van der Waals surface area contributed by atoms with E-state index in [4.69, 9.17) is 0 Å². The summed E-state index contributed by atoms with van der Waals surface area (Å²) in [5.41, 5.74) is 0.637. The van der Waals surface area contributed by atoms with Gasteiger partial charge in [0.05, 0.1) is 0 Å². The van der Waals surface area contributed by atoms with Crippen molar-refractivity contribution in [2.75, 3.05) is 59.4 Å². The third-order valence-corrected chi connectivity index (χ3v) is 7.62. The lowest BCUT2D eigenvalue weighted by Gasteiger charge is -2.50. The third-order valence-electron chi connectivity index (χ3n) is 7.62. The largest absolute Gasteiger partial charge is 0.305 e. The van der Waals surface area contributed by atoms with Crippen LogP contribution in [0.15, 0.2) is 0 Å². The maximum atomic E-state index is 2.81. The first-order valence-corrected chi connectivity index (χ1v) is 11.2. The molecule has 0 bridgehead atoms. The van der Waals surface area contributed by atoms with Gasteiger partial charge in [-0.1, -0.05) is 6.42 Å². The van der Waals surface area contributed by atoms with Gasteiger partial charge in [0.1, 0.15) is 0 Å². The molecule has 3 fully saturated rings. The predicted molar refractivity (Wildman–Crippen MR) is 112 cm³/mol. The zero-order valence-electron chi connectivity index (χ0n) is 18.3. The van der Waals surface area contributed by atoms with Gasteiger partial charge in [-0.05, 0) is 86.5 Å². The smallest absolute Gasteiger partial charge is 0.0223 e. The van der Waals surface area contributed by atoms with Crippen LogP contribution < -0.4 is 0 Å². The van der Waals surface area contributed by atoms with Gasteiger partial charge in [0.25, 0.3) is 0 Å². The van der Waals surface area contributed by atoms with E-state index in [-0.39, 0.29) is 0 Å². The predicted octanol–water partition coefficient (Wildman–Crippen LogP) is 3.13. The van der Waals surface area contributed by atoms with Gasteiger partial charge < -0.3 is 4.90 Å². The minimum absolute atomic E-state index is 0.315. The molecular weight excluding hydrogens is 320 g/mol. The molecule has 3 aliphatic heterocycles. The van der Waals surface area contributed by atoms with Crippen LogP contribution in [0.3, 0.4) is 0 Å². The van der Waals surface area contributed by atoms with E-state index in [2.05, 4.69) is 54.3 Å². The van der Waals surface area contributed by atoms with Gasteiger partial charge in [-0.25, -0.2) is 0 Å². The zero-order chi connectivity index (χ0) is 18.8. The summed E-state index contributed by atoms with van der Waals surface area (Å²) in [6, 6.07) is 0.825. The van der Waals surface area contributed by atoms with Gasteiger partial charge in [-0.2, -0.15) is 0 Å². The molecule has 0 N–H and O–H groups in total. The van der Waals surface area contributed by atoms with E-state index < -0.39 is 0 Å². The van der Waals surface area contributed by atoms with E-state index in [9.17, 15) is 0 Å². The van der Waals surface area contributed by atoms with Crippen LogP contribution in [0.4, 0.5) is 0 Å². The second-order valence-corrected chi connectivity index (χ2v) is 10.4. The van der Waals surface area contributed by atoms with E-state index in [1.165, 1.54) is 90.9 Å². The van der Waals surface area contributed by atoms with Crippen LogP contribution in [0.2, 0.25) is 0 Å². The molecule has 26 heavy (non-hydrogen) atoms. The fourth-order valence-corrected chi connectivity index (χ4v) is 5.29. The maximum absolute atomic E-state index is 2.81. The lowest BCUT2D eigenvalue weighted by atomic mass is 9.85. The Balaban J connectivity index is 1.53. The quantitative estimate of drug-likeness (QED) is 0.743. The molecule has 0 radical (unpaired) electrons. The monoisotopic (exact) mass is 364 g/mol. The minimum Gasteiger partial charge on any atom is -0.305 e. The lowest BCUT2D eigenvalue weighted by Crippen LogP contribution is -2.60. The molecule has 1 atom stereocenters. The second-order valence-electron chi connectivity index (χ2n) is 10.4. The van der Waals surface area contributed by atoms with Crippen LogP contribution in [-0.2, 0) is 0 Å². The van der Waals surface area contributed by atoms with E-state index in [0.717, 1.165) is 6.04 Å². The Morgan fingerprint density at radius 1 is 0.692 bits per heavy atom. The third kappa shape index (κ3) is 5.01. The van der Waals surface area contributed by atoms with Gasteiger partial charge >= 0.3 is 0 Å². The Morgan fingerprint density at radius 3 is 2.15 bits per heavy atom. The van der Waals surface area contributed by atoms with Crippen molar-refractivity contribution in [3.63, 3.8) is 0 Å². The van der Waals surface area contributed by atoms with E-state index in [1.54, 1.807) is 0 Å². The van der Waals surface area contributed by atoms with Crippen LogP contribution >= 0.6 is 0 Å². The highest BCUT2D eigenvalue weighted by atomic mass is 15.3. The average Bonchev–Trinajstić information content (AvgIpc) is 2.85. The summed E-state index contributed by atoms with van der Waals surface area (Å²) in [6.45, 7) is 20.1. The van der Waals surface area contributed by atoms with Crippen molar-refractivity contribution in [2.24, 2.45) is 0 Å². The number of piperazine rings is 1. The van der Waals surface area contributed by atoms with Crippen molar-refractivity contribution in [2.45, 2.75) is 83.3 Å². The molecule has 4 nitrogen and oxygen atoms in total. The second kappa shape index (κ2) is 8.46. The molecule has 3 rings (SSSR count). The summed E-state index contributed by atoms with van der Waals surface area (Å²) in [4.78, 5) is 10.8. The van der Waals surface area contributed by atoms with Crippen molar-refractivity contribution in [3.8, 4) is 0 Å². The molecule has 152 valence electrons. The number of nitrogens with zero attached hydrogens (tertiary/aromatic N) is 4. The van der Waals surface area contributed by atoms with Crippen LogP contribution in [-0.4, -0.2) is 96.1 Å². The number of fused-ring (bicyclic) bond motifs is 1. The van der Waals surface area contributed by atoms with Gasteiger partial charge in [-0.15, -0.1) is 0 Å². The first-order valence-electron chi connectivity index (χ1n) is 11.2. The summed E-state index contributed by atoms with van der Waals surface area (Å²) in [5.74, 6) is 0. The summed E-state index contributed by atoms with van der Waals surface area (Å²) in [7, 11) is 2.27. The molecule has 0 spiro atoms. The topological polar surface area (TPSA) is 13.0 Å². The van der Waals surface area contributed by atoms with Crippen molar-refractivity contribution >= 4 is 0 Å². The van der Waals surface area contributed by atoms with Crippen molar-refractivity contribution < 1.29 is 0 Å². The molecule has 0 saturated carbocycles. The van der Waals surface area contributed by atoms with Gasteiger partial charge in [0, 0.05) is 49.8 Å². The highest BCUT2D eigenvalue weighted by Gasteiger charge is 2.37. The standard InChI is InChI=1S/C22H44N4/c1-21(2,25-14-8-12-23(5)15-17-25)10-11-22(3,4)26-18-16-24-13-7-6-9-20(24)19-26/h20H,6-19H2,1-5H3. The average molecular weight is 365 g/mol. The Morgan fingerprint density at radius 2 is 1.38 bits per heavy atom. The maximum Gasteiger partial charge on any atom is 0.0223 e. The van der Waals surface area contributed by atoms with Gasteiger partial charge in [0.15, 0.2) is 0 Å². The first kappa shape index (κ1) is 20.6. The Kier molecular flexibility index (Phi) is 6.70. The van der Waals surface area contributed by atoms with Crippen LogP contribution in [0, 0.1) is 0 Å². The number of rotatable bonds is 5. The van der Waals surface area contributed by atoms with Gasteiger partial charge in [0.2, 0.25) is 0 Å². The summed E-state index contributed by atoms with van der Waals surface area (Å²) in [6.07, 6.45) is 8.19. The fraction of sp³-hybridized carbons (Fsp3) is 1.00. The lowest BCUT2D eigenvalue weighted by molar-refractivity contribution is -0.0107. The summed E-state index contributed by atoms with van der Waals surface area (Å²) in [5, 5.41) is 0. The Hall–Kier alpha value is -0.160. The SMILES string of the molecule is CN1CCCN(C(C)(C)CCC(C)(C)N2CCN3CCCCC3C2)CC1. The van der Waals surface area contributed by atoms with Crippen molar-refractivity contribution in [3.05, 3.63) is 0 Å². The molecule has 1 unspecified atom stereocenters. The number of likely N-dealkylation sites (N-methyl/N-ethyl adjacent to an activating group) is 1. The highest BCUT2D eigenvalue weighted by Crippen LogP contribution is 2.32. The number of hydrogen-bond acceptors (Lipinski definition) is 4. The first-order chi connectivity index (χ1) is 12.3. The van der Waals surface area contributed by atoms with Crippen molar-refractivity contribution in [1.29, 1.82) is 0 Å². The molecule has 0 aromatic carbocycles. The molecule has 3 aliphatic rings. The van der Waals surface area contributed by atoms with E-state index in [1.807, 2.05) is 0 Å². The Bertz CT molecular complexity index is 447. The summed E-state index contributed by atoms with van der Waals surface area (Å²) < 4.78 is 0. The molecule has 4 heteroatoms. The number of piperidine rings is 1. The molecular formula is C22H44N4. The van der Waals surface area contributed by atoms with Crippen LogP contribution in [0.25, 0.3) is 0 Å². The molecule has 3 saturated heterocycles. The van der Waals surface area contributed by atoms with E-state index >= 15 is 0 Å². The fourth-order valence-electron chi connectivity index (χ4n) is 5.29. The molecule has 0 amide bonds. The zero-order valence-corrected chi connectivity index (χ0v) is 18.3. The minimum atomic E-state index is 0.315. The highest BCUT2D eigenvalue weighted by molar-refractivity contribution is 4.94. The molecule has 3 heterocycles. The van der Waals surface area contributed by atoms with Gasteiger partial charge in [-0.3, -0.25) is 14.7 Å². The van der Waals surface area contributed by atoms with Crippen molar-refractivity contribution in [1.82, 2.24) is 19.6 Å². The number of hydrogen-bond donors (Lipinski definition) is 0. The van der Waals surface area contributed by atoms with Crippen LogP contribution in [0.5, 0.6) is 0 Å². The molecule has 0 aliphatic carbocycles. The molecule has 0 aromatic heterocycles. The van der Waals surface area contributed by atoms with E-state index in [0.29, 0.717) is 11.1 Å². The molecule has 0 aromatic rings.